The molecule has 1 N–H and O–H groups in total. The molecule has 130 valence electrons. The van der Waals surface area contributed by atoms with E-state index < -0.39 is 0 Å². The summed E-state index contributed by atoms with van der Waals surface area (Å²) < 4.78 is 7.01. The molecule has 0 saturated carbocycles. The molecule has 6 nitrogen and oxygen atoms in total. The largest absolute Gasteiger partial charge is 0.508 e. The van der Waals surface area contributed by atoms with Crippen molar-refractivity contribution in [2.75, 3.05) is 14.2 Å². The average Bonchev–Trinajstić information content (AvgIpc) is 3.06. The van der Waals surface area contributed by atoms with Gasteiger partial charge >= 0.3 is 0 Å². The number of likely N-dealkylation sites (N-methyl/N-ethyl adjacent to an activating group) is 1. The van der Waals surface area contributed by atoms with Gasteiger partial charge in [0.05, 0.1) is 18.9 Å². The van der Waals surface area contributed by atoms with Gasteiger partial charge in [-0.25, -0.2) is 4.52 Å². The smallest absolute Gasteiger partial charge is 0.257 e. The topological polar surface area (TPSA) is 67.1 Å². The zero-order chi connectivity index (χ0) is 18.0. The zero-order valence-electron chi connectivity index (χ0n) is 14.5. The van der Waals surface area contributed by atoms with E-state index in [2.05, 4.69) is 5.10 Å². The van der Waals surface area contributed by atoms with Crippen LogP contribution in [-0.4, -0.2) is 45.7 Å². The first-order valence-corrected chi connectivity index (χ1v) is 8.06. The minimum absolute atomic E-state index is 0.0123. The first-order chi connectivity index (χ1) is 12.0. The van der Waals surface area contributed by atoms with Crippen molar-refractivity contribution in [3.05, 3.63) is 59.9 Å². The van der Waals surface area contributed by atoms with Gasteiger partial charge in [0.1, 0.15) is 17.0 Å². The molecule has 1 aromatic carbocycles. The number of hydrogen-bond donors (Lipinski definition) is 1. The van der Waals surface area contributed by atoms with Crippen LogP contribution in [0.2, 0.25) is 0 Å². The fraction of sp³-hybridized carbons (Fsp3) is 0.263. The van der Waals surface area contributed by atoms with Crippen molar-refractivity contribution in [2.24, 2.45) is 0 Å². The molecule has 0 spiro atoms. The number of aromatic hydroxyl groups is 1. The Kier molecular flexibility index (Phi) is 4.61. The second-order valence-corrected chi connectivity index (χ2v) is 6.06. The number of nitrogens with zero attached hydrogens (tertiary/aromatic N) is 3. The number of benzene rings is 1. The van der Waals surface area contributed by atoms with E-state index in [0.717, 1.165) is 5.56 Å². The summed E-state index contributed by atoms with van der Waals surface area (Å²) in [6.45, 7) is 1.99. The van der Waals surface area contributed by atoms with Crippen molar-refractivity contribution in [1.82, 2.24) is 14.5 Å². The van der Waals surface area contributed by atoms with Gasteiger partial charge in [0.15, 0.2) is 0 Å². The molecule has 2 heterocycles. The van der Waals surface area contributed by atoms with Gasteiger partial charge in [-0.05, 0) is 43.2 Å². The number of rotatable bonds is 5. The predicted octanol–water partition coefficient (Wildman–Crippen LogP) is 2.75. The van der Waals surface area contributed by atoms with Crippen LogP contribution in [0.15, 0.2) is 48.8 Å². The van der Waals surface area contributed by atoms with E-state index in [1.165, 1.54) is 0 Å². The molecule has 1 atom stereocenters. The van der Waals surface area contributed by atoms with E-state index in [1.54, 1.807) is 48.1 Å². The van der Waals surface area contributed by atoms with Gasteiger partial charge < -0.3 is 14.7 Å². The Hall–Kier alpha value is -3.02. The number of hydrogen-bond acceptors (Lipinski definition) is 4. The number of carbonyl (C=O) groups excluding carboxylic acids is 1. The van der Waals surface area contributed by atoms with E-state index in [-0.39, 0.29) is 17.7 Å². The number of carbonyl (C=O) groups is 1. The van der Waals surface area contributed by atoms with Gasteiger partial charge in [0, 0.05) is 19.3 Å². The third-order valence-corrected chi connectivity index (χ3v) is 4.40. The molecule has 0 bridgehead atoms. The molecule has 0 aliphatic heterocycles. The summed E-state index contributed by atoms with van der Waals surface area (Å²) in [6, 6.07) is 10.7. The molecule has 0 radical (unpaired) electrons. The summed E-state index contributed by atoms with van der Waals surface area (Å²) in [5.74, 6) is 0.744. The molecular weight excluding hydrogens is 318 g/mol. The van der Waals surface area contributed by atoms with Crippen LogP contribution in [0.3, 0.4) is 0 Å². The number of ether oxygens (including phenoxy) is 1. The first kappa shape index (κ1) is 16.8. The quantitative estimate of drug-likeness (QED) is 0.776. The second-order valence-electron chi connectivity index (χ2n) is 6.06. The van der Waals surface area contributed by atoms with Crippen LogP contribution < -0.4 is 4.74 Å². The molecule has 3 aromatic rings. The highest BCUT2D eigenvalue weighted by Crippen LogP contribution is 2.24. The Bertz CT molecular complexity index is 887. The van der Waals surface area contributed by atoms with E-state index in [1.807, 2.05) is 31.2 Å². The Labute approximate surface area is 146 Å². The Morgan fingerprint density at radius 2 is 2.04 bits per heavy atom. The maximum atomic E-state index is 13.0. The minimum atomic E-state index is -0.106. The maximum absolute atomic E-state index is 13.0. The normalized spacial score (nSPS) is 12.1. The van der Waals surface area contributed by atoms with Crippen LogP contribution in [-0.2, 0) is 6.42 Å². The molecule has 0 aliphatic rings. The fourth-order valence-corrected chi connectivity index (χ4v) is 2.83. The summed E-state index contributed by atoms with van der Waals surface area (Å²) in [7, 11) is 3.36. The van der Waals surface area contributed by atoms with Gasteiger partial charge in [-0.15, -0.1) is 0 Å². The van der Waals surface area contributed by atoms with Crippen molar-refractivity contribution in [1.29, 1.82) is 0 Å². The molecule has 3 rings (SSSR count). The van der Waals surface area contributed by atoms with E-state index in [9.17, 15) is 9.90 Å². The van der Waals surface area contributed by atoms with Gasteiger partial charge in [0.2, 0.25) is 0 Å². The zero-order valence-corrected chi connectivity index (χ0v) is 14.5. The number of methoxy groups -OCH3 is 1. The van der Waals surface area contributed by atoms with Crippen molar-refractivity contribution >= 4 is 11.4 Å². The molecule has 0 fully saturated rings. The van der Waals surface area contributed by atoms with E-state index in [4.69, 9.17) is 4.74 Å². The highest BCUT2D eigenvalue weighted by molar-refractivity contribution is 6.02. The molecule has 0 aliphatic carbocycles. The molecule has 25 heavy (non-hydrogen) atoms. The van der Waals surface area contributed by atoms with E-state index in [0.29, 0.717) is 23.3 Å². The lowest BCUT2D eigenvalue weighted by atomic mass is 10.1. The minimum Gasteiger partial charge on any atom is -0.508 e. The second kappa shape index (κ2) is 6.84. The predicted molar refractivity (Wildman–Crippen MR) is 95.1 cm³/mol. The summed E-state index contributed by atoms with van der Waals surface area (Å²) in [5, 5.41) is 13.6. The Morgan fingerprint density at radius 1 is 1.32 bits per heavy atom. The standard InChI is InChI=1S/C19H21N3O3/c1-13(11-14-6-8-15(23)9-7-14)21(2)19(24)16-12-20-22-10-4-5-17(25-3)18(16)22/h4-10,12-13,23H,11H2,1-3H3. The lowest BCUT2D eigenvalue weighted by Crippen LogP contribution is -2.36. The number of amides is 1. The molecule has 1 amide bonds. The number of fused-ring (bicyclic) bond motifs is 1. The van der Waals surface area contributed by atoms with Crippen LogP contribution in [0.5, 0.6) is 11.5 Å². The van der Waals surface area contributed by atoms with Gasteiger partial charge in [-0.2, -0.15) is 5.10 Å². The SMILES string of the molecule is COc1cccn2ncc(C(=O)N(C)C(C)Cc3ccc(O)cc3)c12. The van der Waals surface area contributed by atoms with Gasteiger partial charge in [0.25, 0.3) is 5.91 Å². The summed E-state index contributed by atoms with van der Waals surface area (Å²) in [4.78, 5) is 14.7. The highest BCUT2D eigenvalue weighted by Gasteiger charge is 2.23. The Morgan fingerprint density at radius 3 is 2.72 bits per heavy atom. The van der Waals surface area contributed by atoms with Gasteiger partial charge in [-0.3, -0.25) is 4.79 Å². The van der Waals surface area contributed by atoms with Crippen molar-refractivity contribution in [3.63, 3.8) is 0 Å². The summed E-state index contributed by atoms with van der Waals surface area (Å²) >= 11 is 0. The monoisotopic (exact) mass is 339 g/mol. The van der Waals surface area contributed by atoms with Crippen LogP contribution >= 0.6 is 0 Å². The number of aromatic nitrogens is 2. The van der Waals surface area contributed by atoms with Gasteiger partial charge in [-0.1, -0.05) is 12.1 Å². The van der Waals surface area contributed by atoms with Crippen LogP contribution in [0.1, 0.15) is 22.8 Å². The van der Waals surface area contributed by atoms with Crippen LogP contribution in [0.25, 0.3) is 5.52 Å². The summed E-state index contributed by atoms with van der Waals surface area (Å²) in [6.07, 6.45) is 4.05. The number of phenols is 1. The highest BCUT2D eigenvalue weighted by atomic mass is 16.5. The lowest BCUT2D eigenvalue weighted by molar-refractivity contribution is 0.0745. The number of phenolic OH excluding ortho intramolecular Hbond substituents is 1. The van der Waals surface area contributed by atoms with Crippen molar-refractivity contribution in [3.8, 4) is 11.5 Å². The van der Waals surface area contributed by atoms with Crippen molar-refractivity contribution in [2.45, 2.75) is 19.4 Å². The third kappa shape index (κ3) is 3.28. The van der Waals surface area contributed by atoms with Crippen molar-refractivity contribution < 1.29 is 14.6 Å². The molecule has 0 saturated heterocycles. The third-order valence-electron chi connectivity index (χ3n) is 4.40. The molecule has 1 unspecified atom stereocenters. The summed E-state index contributed by atoms with van der Waals surface area (Å²) in [5.41, 5.74) is 2.23. The fourth-order valence-electron chi connectivity index (χ4n) is 2.83. The molecule has 6 heteroatoms. The number of pyridine rings is 1. The Balaban J connectivity index is 1.83. The van der Waals surface area contributed by atoms with Crippen LogP contribution in [0.4, 0.5) is 0 Å². The van der Waals surface area contributed by atoms with E-state index >= 15 is 0 Å². The maximum Gasteiger partial charge on any atom is 0.257 e. The molecule has 2 aromatic heterocycles. The average molecular weight is 339 g/mol. The molecular formula is C19H21N3O3. The lowest BCUT2D eigenvalue weighted by Gasteiger charge is -2.25. The first-order valence-electron chi connectivity index (χ1n) is 8.06. The van der Waals surface area contributed by atoms with Crippen LogP contribution in [0, 0.1) is 0 Å².